The van der Waals surface area contributed by atoms with E-state index >= 15 is 0 Å². The maximum Gasteiger partial charge on any atom is 0.253 e. The van der Waals surface area contributed by atoms with E-state index in [4.69, 9.17) is 4.74 Å². The van der Waals surface area contributed by atoms with Crippen LogP contribution in [0.5, 0.6) is 5.75 Å². The fraction of sp³-hybridized carbons (Fsp3) is 0.300. The second kappa shape index (κ2) is 4.54. The quantitative estimate of drug-likeness (QED) is 0.711. The van der Waals surface area contributed by atoms with Gasteiger partial charge >= 0.3 is 0 Å². The second-order valence-electron chi connectivity index (χ2n) is 3.18. The summed E-state index contributed by atoms with van der Waals surface area (Å²) < 4.78 is 4.94. The van der Waals surface area contributed by atoms with E-state index in [2.05, 4.69) is 5.18 Å². The molecule has 0 radical (unpaired) electrons. The predicted octanol–water partition coefficient (Wildman–Crippen LogP) is 1.79. The van der Waals surface area contributed by atoms with Crippen LogP contribution in [0.15, 0.2) is 23.4 Å². The fourth-order valence-corrected chi connectivity index (χ4v) is 1.14. The molecular weight excluding hydrogens is 196 g/mol. The Morgan fingerprint density at radius 3 is 2.53 bits per heavy atom. The zero-order chi connectivity index (χ0) is 11.4. The van der Waals surface area contributed by atoms with Crippen LogP contribution in [0, 0.1) is 4.91 Å². The molecule has 0 atom stereocenters. The number of methoxy groups -OCH3 is 1. The van der Waals surface area contributed by atoms with E-state index in [1.165, 1.54) is 24.1 Å². The standard InChI is InChI=1S/C10H12N2O3/c1-12(2)10(13)7-4-5-8(11-14)9(6-7)15-3/h4-6H,1-3H3. The molecule has 0 bridgehead atoms. The Labute approximate surface area is 87.6 Å². The third kappa shape index (κ3) is 2.31. The number of amides is 1. The largest absolute Gasteiger partial charge is 0.494 e. The van der Waals surface area contributed by atoms with Crippen molar-refractivity contribution < 1.29 is 9.53 Å². The molecule has 15 heavy (non-hydrogen) atoms. The summed E-state index contributed by atoms with van der Waals surface area (Å²) in [5.41, 5.74) is 0.650. The van der Waals surface area contributed by atoms with E-state index in [1.54, 1.807) is 20.2 Å². The van der Waals surface area contributed by atoms with Crippen LogP contribution in [0.3, 0.4) is 0 Å². The van der Waals surface area contributed by atoms with Crippen molar-refractivity contribution in [2.45, 2.75) is 0 Å². The molecule has 0 aliphatic rings. The number of hydrogen-bond donors (Lipinski definition) is 0. The molecule has 0 saturated carbocycles. The number of nitrogens with zero attached hydrogens (tertiary/aromatic N) is 2. The van der Waals surface area contributed by atoms with E-state index in [-0.39, 0.29) is 11.6 Å². The van der Waals surface area contributed by atoms with E-state index < -0.39 is 0 Å². The van der Waals surface area contributed by atoms with E-state index in [0.29, 0.717) is 11.3 Å². The molecule has 0 aliphatic carbocycles. The number of carbonyl (C=O) groups excluding carboxylic acids is 1. The van der Waals surface area contributed by atoms with Crippen LogP contribution < -0.4 is 4.74 Å². The lowest BCUT2D eigenvalue weighted by Gasteiger charge is -2.11. The number of ether oxygens (including phenoxy) is 1. The van der Waals surface area contributed by atoms with Crippen LogP contribution in [-0.4, -0.2) is 32.0 Å². The minimum atomic E-state index is -0.147. The van der Waals surface area contributed by atoms with E-state index in [0.717, 1.165) is 0 Å². The Bertz CT molecular complexity index is 388. The molecule has 1 aromatic rings. The van der Waals surface area contributed by atoms with Crippen LogP contribution in [0.2, 0.25) is 0 Å². The second-order valence-corrected chi connectivity index (χ2v) is 3.18. The Morgan fingerprint density at radius 2 is 2.07 bits per heavy atom. The molecule has 1 amide bonds. The average molecular weight is 208 g/mol. The summed E-state index contributed by atoms with van der Waals surface area (Å²) in [6, 6.07) is 4.50. The van der Waals surface area contributed by atoms with Gasteiger partial charge in [0.2, 0.25) is 0 Å². The van der Waals surface area contributed by atoms with Crippen molar-refractivity contribution in [3.05, 3.63) is 28.7 Å². The molecule has 80 valence electrons. The summed E-state index contributed by atoms with van der Waals surface area (Å²) in [5.74, 6) is 0.156. The lowest BCUT2D eigenvalue weighted by Crippen LogP contribution is -2.21. The van der Waals surface area contributed by atoms with Crippen molar-refractivity contribution in [3.8, 4) is 5.75 Å². The number of benzene rings is 1. The molecule has 0 heterocycles. The first kappa shape index (κ1) is 11.2. The molecule has 0 aromatic heterocycles. The first-order valence-electron chi connectivity index (χ1n) is 4.33. The van der Waals surface area contributed by atoms with Crippen molar-refractivity contribution >= 4 is 11.6 Å². The van der Waals surface area contributed by atoms with Crippen molar-refractivity contribution in [2.24, 2.45) is 5.18 Å². The highest BCUT2D eigenvalue weighted by molar-refractivity contribution is 5.94. The van der Waals surface area contributed by atoms with Crippen LogP contribution in [0.1, 0.15) is 10.4 Å². The van der Waals surface area contributed by atoms with Crippen LogP contribution >= 0.6 is 0 Å². The zero-order valence-corrected chi connectivity index (χ0v) is 8.85. The molecule has 0 saturated heterocycles. The van der Waals surface area contributed by atoms with E-state index in [1.807, 2.05) is 0 Å². The number of rotatable bonds is 3. The predicted molar refractivity (Wildman–Crippen MR) is 56.5 cm³/mol. The first-order valence-corrected chi connectivity index (χ1v) is 4.33. The molecule has 0 aliphatic heterocycles. The van der Waals surface area contributed by atoms with Crippen molar-refractivity contribution in [3.63, 3.8) is 0 Å². The smallest absolute Gasteiger partial charge is 0.253 e. The summed E-state index contributed by atoms with van der Waals surface area (Å²) in [7, 11) is 4.73. The highest BCUT2D eigenvalue weighted by atomic mass is 16.5. The van der Waals surface area contributed by atoms with Gasteiger partial charge in [-0.2, -0.15) is 0 Å². The van der Waals surface area contributed by atoms with Crippen molar-refractivity contribution in [1.82, 2.24) is 4.90 Å². The first-order chi connectivity index (χ1) is 7.10. The number of carbonyl (C=O) groups is 1. The van der Waals surface area contributed by atoms with E-state index in [9.17, 15) is 9.70 Å². The molecule has 5 nitrogen and oxygen atoms in total. The van der Waals surface area contributed by atoms with Crippen LogP contribution in [-0.2, 0) is 0 Å². The maximum atomic E-state index is 11.6. The molecule has 1 aromatic carbocycles. The lowest BCUT2D eigenvalue weighted by atomic mass is 10.1. The Balaban J connectivity index is 3.13. The van der Waals surface area contributed by atoms with Crippen molar-refractivity contribution in [2.75, 3.05) is 21.2 Å². The van der Waals surface area contributed by atoms with Crippen LogP contribution in [0.4, 0.5) is 5.69 Å². The third-order valence-electron chi connectivity index (χ3n) is 1.93. The van der Waals surface area contributed by atoms with Gasteiger partial charge in [0.1, 0.15) is 11.4 Å². The Kier molecular flexibility index (Phi) is 3.38. The van der Waals surface area contributed by atoms with Crippen LogP contribution in [0.25, 0.3) is 0 Å². The summed E-state index contributed by atoms with van der Waals surface area (Å²) in [5, 5.41) is 2.79. The van der Waals surface area contributed by atoms with Gasteiger partial charge in [0.15, 0.2) is 0 Å². The highest BCUT2D eigenvalue weighted by Gasteiger charge is 2.11. The van der Waals surface area contributed by atoms with Gasteiger partial charge in [-0.25, -0.2) is 0 Å². The van der Waals surface area contributed by atoms with Gasteiger partial charge in [-0.3, -0.25) is 4.79 Å². The Hall–Kier alpha value is -1.91. The summed E-state index contributed by atoms with van der Waals surface area (Å²) in [6.45, 7) is 0. The molecule has 0 N–H and O–H groups in total. The average Bonchev–Trinajstić information content (AvgIpc) is 2.26. The monoisotopic (exact) mass is 208 g/mol. The minimum Gasteiger partial charge on any atom is -0.494 e. The minimum absolute atomic E-state index is 0.147. The molecule has 0 unspecified atom stereocenters. The third-order valence-corrected chi connectivity index (χ3v) is 1.93. The Morgan fingerprint density at radius 1 is 1.40 bits per heavy atom. The maximum absolute atomic E-state index is 11.6. The summed E-state index contributed by atoms with van der Waals surface area (Å²) >= 11 is 0. The zero-order valence-electron chi connectivity index (χ0n) is 8.85. The van der Waals surface area contributed by atoms with Gasteiger partial charge in [0, 0.05) is 19.7 Å². The fourth-order valence-electron chi connectivity index (χ4n) is 1.14. The summed E-state index contributed by atoms with van der Waals surface area (Å²) in [6.07, 6.45) is 0. The molecular formula is C10H12N2O3. The summed E-state index contributed by atoms with van der Waals surface area (Å²) in [4.78, 5) is 23.4. The number of nitroso groups, excluding NO2 is 1. The molecule has 0 spiro atoms. The highest BCUT2D eigenvalue weighted by Crippen LogP contribution is 2.28. The van der Waals surface area contributed by atoms with Gasteiger partial charge in [-0.05, 0) is 23.4 Å². The molecule has 5 heteroatoms. The van der Waals surface area contributed by atoms with Gasteiger partial charge in [-0.15, -0.1) is 4.91 Å². The normalized spacial score (nSPS) is 9.53. The van der Waals surface area contributed by atoms with Gasteiger partial charge in [-0.1, -0.05) is 0 Å². The number of hydrogen-bond acceptors (Lipinski definition) is 4. The van der Waals surface area contributed by atoms with Gasteiger partial charge in [0.05, 0.1) is 7.11 Å². The van der Waals surface area contributed by atoms with Gasteiger partial charge < -0.3 is 9.64 Å². The topological polar surface area (TPSA) is 59.0 Å². The SMILES string of the molecule is COc1cc(C(=O)N(C)C)ccc1N=O. The van der Waals surface area contributed by atoms with Crippen molar-refractivity contribution in [1.29, 1.82) is 0 Å². The molecule has 0 fully saturated rings. The molecule has 1 rings (SSSR count). The lowest BCUT2D eigenvalue weighted by molar-refractivity contribution is 0.0827. The van der Waals surface area contributed by atoms with Gasteiger partial charge in [0.25, 0.3) is 5.91 Å².